The quantitative estimate of drug-likeness (QED) is 0.603. The summed E-state index contributed by atoms with van der Waals surface area (Å²) in [5.41, 5.74) is 1.64. The summed E-state index contributed by atoms with van der Waals surface area (Å²) in [6, 6.07) is 13.8. The van der Waals surface area contributed by atoms with Gasteiger partial charge in [-0.15, -0.1) is 0 Å². The zero-order valence-electron chi connectivity index (χ0n) is 15.0. The topological polar surface area (TPSA) is 93.2 Å². The Morgan fingerprint density at radius 3 is 2.32 bits per heavy atom. The molecule has 0 atom stereocenters. The number of ether oxygens (including phenoxy) is 1. The van der Waals surface area contributed by atoms with Gasteiger partial charge in [0.25, 0.3) is 5.91 Å². The maximum Gasteiger partial charge on any atom is 0.340 e. The number of anilines is 3. The third-order valence-corrected chi connectivity index (χ3v) is 4.03. The highest BCUT2D eigenvalue weighted by atomic mass is 35.5. The Kier molecular flexibility index (Phi) is 6.18. The molecule has 28 heavy (non-hydrogen) atoms. The van der Waals surface area contributed by atoms with Crippen LogP contribution in [0.25, 0.3) is 0 Å². The number of hydrogen-bond acceptors (Lipinski definition) is 6. The largest absolute Gasteiger partial charge is 0.462 e. The third kappa shape index (κ3) is 4.63. The Hall–Kier alpha value is -3.45. The first-order valence-electron chi connectivity index (χ1n) is 8.49. The molecule has 0 fully saturated rings. The van der Waals surface area contributed by atoms with Gasteiger partial charge in [-0.05, 0) is 31.2 Å². The van der Waals surface area contributed by atoms with E-state index in [-0.39, 0.29) is 24.0 Å². The third-order valence-electron chi connectivity index (χ3n) is 3.70. The van der Waals surface area contributed by atoms with Gasteiger partial charge in [0.1, 0.15) is 0 Å². The summed E-state index contributed by atoms with van der Waals surface area (Å²) in [5, 5.41) is 6.10. The van der Waals surface area contributed by atoms with Crippen molar-refractivity contribution in [3.8, 4) is 0 Å². The van der Waals surface area contributed by atoms with E-state index in [0.717, 1.165) is 0 Å². The molecule has 3 rings (SSSR count). The molecule has 0 saturated heterocycles. The monoisotopic (exact) mass is 396 g/mol. The predicted molar refractivity (Wildman–Crippen MR) is 107 cm³/mol. The molecule has 1 aromatic heterocycles. The molecular weight excluding hydrogens is 380 g/mol. The van der Waals surface area contributed by atoms with Crippen LogP contribution in [0.4, 0.5) is 17.3 Å². The number of carbonyl (C=O) groups excluding carboxylic acids is 2. The molecule has 1 heterocycles. The molecule has 7 nitrogen and oxygen atoms in total. The zero-order chi connectivity index (χ0) is 19.9. The van der Waals surface area contributed by atoms with Crippen molar-refractivity contribution in [2.45, 2.75) is 6.92 Å². The van der Waals surface area contributed by atoms with Crippen molar-refractivity contribution in [2.24, 2.45) is 0 Å². The molecule has 142 valence electrons. The van der Waals surface area contributed by atoms with E-state index >= 15 is 0 Å². The number of rotatable bonds is 6. The van der Waals surface area contributed by atoms with Crippen molar-refractivity contribution in [1.82, 2.24) is 9.97 Å². The summed E-state index contributed by atoms with van der Waals surface area (Å²) in [6.45, 7) is 2.02. The summed E-state index contributed by atoms with van der Waals surface area (Å²) in [5.74, 6) is -0.584. The van der Waals surface area contributed by atoms with Crippen LogP contribution in [0, 0.1) is 0 Å². The lowest BCUT2D eigenvalue weighted by molar-refractivity contribution is 0.0527. The van der Waals surface area contributed by atoms with Crippen LogP contribution in [-0.2, 0) is 4.74 Å². The van der Waals surface area contributed by atoms with Gasteiger partial charge in [0.15, 0.2) is 0 Å². The molecule has 0 spiro atoms. The van der Waals surface area contributed by atoms with Crippen molar-refractivity contribution in [1.29, 1.82) is 0 Å². The van der Waals surface area contributed by atoms with Crippen LogP contribution in [0.5, 0.6) is 0 Å². The van der Waals surface area contributed by atoms with E-state index in [9.17, 15) is 9.59 Å². The molecular formula is C20H17ClN4O3. The molecule has 1 amide bonds. The minimum Gasteiger partial charge on any atom is -0.462 e. The maximum absolute atomic E-state index is 12.3. The van der Waals surface area contributed by atoms with Crippen LogP contribution in [0.15, 0.2) is 60.9 Å². The first-order valence-corrected chi connectivity index (χ1v) is 8.87. The highest BCUT2D eigenvalue weighted by molar-refractivity contribution is 6.33. The van der Waals surface area contributed by atoms with Gasteiger partial charge >= 0.3 is 5.97 Å². The molecule has 0 aliphatic rings. The number of hydrogen-bond donors (Lipinski definition) is 2. The summed E-state index contributed by atoms with van der Waals surface area (Å²) in [7, 11) is 0. The van der Waals surface area contributed by atoms with E-state index in [2.05, 4.69) is 20.6 Å². The lowest BCUT2D eigenvalue weighted by Crippen LogP contribution is -2.13. The molecule has 2 N–H and O–H groups in total. The van der Waals surface area contributed by atoms with Crippen molar-refractivity contribution in [3.63, 3.8) is 0 Å². The van der Waals surface area contributed by atoms with Crippen LogP contribution in [0.2, 0.25) is 5.02 Å². The molecule has 2 aromatic carbocycles. The fourth-order valence-electron chi connectivity index (χ4n) is 2.37. The normalized spacial score (nSPS) is 10.2. The lowest BCUT2D eigenvalue weighted by Gasteiger charge is -2.10. The van der Waals surface area contributed by atoms with E-state index in [0.29, 0.717) is 22.0 Å². The van der Waals surface area contributed by atoms with Gasteiger partial charge < -0.3 is 15.4 Å². The highest BCUT2D eigenvalue weighted by Crippen LogP contribution is 2.22. The van der Waals surface area contributed by atoms with Crippen molar-refractivity contribution < 1.29 is 14.3 Å². The van der Waals surface area contributed by atoms with Crippen LogP contribution in [-0.4, -0.2) is 28.5 Å². The number of halogens is 1. The zero-order valence-corrected chi connectivity index (χ0v) is 15.7. The van der Waals surface area contributed by atoms with E-state index in [1.54, 1.807) is 55.5 Å². The number of aromatic nitrogens is 2. The number of carbonyl (C=O) groups is 2. The minimum atomic E-state index is -0.443. The number of nitrogens with zero attached hydrogens (tertiary/aromatic N) is 2. The van der Waals surface area contributed by atoms with Gasteiger partial charge in [-0.3, -0.25) is 4.79 Å². The Bertz CT molecular complexity index is 993. The Balaban J connectivity index is 1.73. The van der Waals surface area contributed by atoms with Gasteiger partial charge in [0, 0.05) is 12.4 Å². The first-order chi connectivity index (χ1) is 13.6. The molecule has 0 radical (unpaired) electrons. The molecule has 0 aliphatic heterocycles. The minimum absolute atomic E-state index is 0.242. The molecule has 0 unspecified atom stereocenters. The first kappa shape index (κ1) is 19.3. The number of esters is 1. The number of nitrogens with one attached hydrogen (secondary N) is 2. The molecule has 0 saturated carbocycles. The SMILES string of the molecule is CCOC(=O)c1ccccc1Nc1ncc(C(=O)Nc2ccccc2Cl)cn1. The Morgan fingerprint density at radius 1 is 1.00 bits per heavy atom. The molecule has 3 aromatic rings. The van der Waals surface area contributed by atoms with Crippen molar-refractivity contribution in [3.05, 3.63) is 77.1 Å². The standard InChI is InChI=1S/C20H17ClN4O3/c1-2-28-19(27)14-7-3-5-9-16(14)25-20-22-11-13(12-23-20)18(26)24-17-10-6-4-8-15(17)21/h3-12H,2H2,1H3,(H,24,26)(H,22,23,25). The Morgan fingerprint density at radius 2 is 1.64 bits per heavy atom. The number of benzene rings is 2. The van der Waals surface area contributed by atoms with E-state index in [1.165, 1.54) is 12.4 Å². The van der Waals surface area contributed by atoms with Crippen LogP contribution in [0.1, 0.15) is 27.6 Å². The smallest absolute Gasteiger partial charge is 0.340 e. The lowest BCUT2D eigenvalue weighted by atomic mass is 10.2. The van der Waals surface area contributed by atoms with E-state index < -0.39 is 5.97 Å². The average molecular weight is 397 g/mol. The molecule has 0 bridgehead atoms. The van der Waals surface area contributed by atoms with Crippen LogP contribution in [0.3, 0.4) is 0 Å². The van der Waals surface area contributed by atoms with Gasteiger partial charge in [0.05, 0.1) is 34.1 Å². The van der Waals surface area contributed by atoms with Gasteiger partial charge in [-0.1, -0.05) is 35.9 Å². The number of para-hydroxylation sites is 2. The number of amides is 1. The fourth-order valence-corrected chi connectivity index (χ4v) is 2.55. The van der Waals surface area contributed by atoms with Crippen LogP contribution < -0.4 is 10.6 Å². The summed E-state index contributed by atoms with van der Waals surface area (Å²) in [4.78, 5) is 32.6. The van der Waals surface area contributed by atoms with Crippen molar-refractivity contribution >= 4 is 40.8 Å². The van der Waals surface area contributed by atoms with Gasteiger partial charge in [-0.2, -0.15) is 0 Å². The average Bonchev–Trinajstić information content (AvgIpc) is 2.71. The Labute approximate surface area is 166 Å². The second kappa shape index (κ2) is 8.96. The van der Waals surface area contributed by atoms with Gasteiger partial charge in [-0.25, -0.2) is 14.8 Å². The second-order valence-electron chi connectivity index (χ2n) is 5.62. The molecule has 8 heteroatoms. The highest BCUT2D eigenvalue weighted by Gasteiger charge is 2.14. The summed E-state index contributed by atoms with van der Waals surface area (Å²) in [6.07, 6.45) is 2.77. The van der Waals surface area contributed by atoms with Crippen molar-refractivity contribution in [2.75, 3.05) is 17.2 Å². The van der Waals surface area contributed by atoms with E-state index in [1.807, 2.05) is 0 Å². The fraction of sp³-hybridized carbons (Fsp3) is 0.100. The van der Waals surface area contributed by atoms with E-state index in [4.69, 9.17) is 16.3 Å². The molecule has 0 aliphatic carbocycles. The maximum atomic E-state index is 12.3. The second-order valence-corrected chi connectivity index (χ2v) is 6.03. The summed E-state index contributed by atoms with van der Waals surface area (Å²) >= 11 is 6.04. The summed E-state index contributed by atoms with van der Waals surface area (Å²) < 4.78 is 5.04. The van der Waals surface area contributed by atoms with Gasteiger partial charge in [0.2, 0.25) is 5.95 Å². The predicted octanol–water partition coefficient (Wildman–Crippen LogP) is 4.30. The van der Waals surface area contributed by atoms with Crippen LogP contribution >= 0.6 is 11.6 Å².